The van der Waals surface area contributed by atoms with Crippen molar-refractivity contribution in [3.05, 3.63) is 53.9 Å². The van der Waals surface area contributed by atoms with Crippen molar-refractivity contribution in [2.75, 3.05) is 13.7 Å². The molecule has 0 aliphatic rings. The first-order valence-corrected chi connectivity index (χ1v) is 8.58. The summed E-state index contributed by atoms with van der Waals surface area (Å²) in [5.41, 5.74) is 1.26. The fraction of sp³-hybridized carbons (Fsp3) is 0.312. The van der Waals surface area contributed by atoms with Gasteiger partial charge in [0.25, 0.3) is 15.9 Å². The van der Waals surface area contributed by atoms with E-state index in [1.165, 1.54) is 18.5 Å². The van der Waals surface area contributed by atoms with Gasteiger partial charge >= 0.3 is 0 Å². The molecule has 0 fully saturated rings. The number of amides is 1. The molecule has 6 nitrogen and oxygen atoms in total. The van der Waals surface area contributed by atoms with Gasteiger partial charge in [-0.05, 0) is 32.0 Å². The van der Waals surface area contributed by atoms with E-state index in [2.05, 4.69) is 5.32 Å². The van der Waals surface area contributed by atoms with E-state index in [0.29, 0.717) is 6.61 Å². The molecule has 1 heterocycles. The molecule has 0 aliphatic heterocycles. The molecule has 0 aliphatic carbocycles. The van der Waals surface area contributed by atoms with Crippen LogP contribution in [0.5, 0.6) is 0 Å². The predicted molar refractivity (Wildman–Crippen MR) is 87.0 cm³/mol. The fourth-order valence-corrected chi connectivity index (χ4v) is 3.29. The summed E-state index contributed by atoms with van der Waals surface area (Å²) < 4.78 is 31.0. The normalized spacial score (nSPS) is 12.8. The van der Waals surface area contributed by atoms with E-state index in [4.69, 9.17) is 4.74 Å². The van der Waals surface area contributed by atoms with Gasteiger partial charge in [-0.1, -0.05) is 17.7 Å². The summed E-state index contributed by atoms with van der Waals surface area (Å²) >= 11 is 0. The minimum absolute atomic E-state index is 0.162. The molecule has 23 heavy (non-hydrogen) atoms. The first kappa shape index (κ1) is 17.2. The van der Waals surface area contributed by atoms with Gasteiger partial charge < -0.3 is 10.1 Å². The lowest BCUT2D eigenvalue weighted by Gasteiger charge is -2.11. The average Bonchev–Trinajstić information content (AvgIpc) is 2.98. The van der Waals surface area contributed by atoms with Gasteiger partial charge in [0, 0.05) is 25.5 Å². The molecule has 2 aromatic rings. The predicted octanol–water partition coefficient (Wildman–Crippen LogP) is 1.80. The first-order chi connectivity index (χ1) is 10.8. The molecule has 7 heteroatoms. The van der Waals surface area contributed by atoms with Gasteiger partial charge in [0.05, 0.1) is 17.1 Å². The Morgan fingerprint density at radius 3 is 2.52 bits per heavy atom. The van der Waals surface area contributed by atoms with E-state index < -0.39 is 10.0 Å². The molecule has 0 spiro atoms. The number of aryl methyl sites for hydroxylation is 1. The van der Waals surface area contributed by atoms with Crippen molar-refractivity contribution in [2.45, 2.75) is 24.8 Å². The van der Waals surface area contributed by atoms with Crippen LogP contribution in [0.4, 0.5) is 0 Å². The van der Waals surface area contributed by atoms with Crippen molar-refractivity contribution < 1.29 is 17.9 Å². The Balaban J connectivity index is 2.21. The van der Waals surface area contributed by atoms with Crippen LogP contribution in [0.2, 0.25) is 0 Å². The van der Waals surface area contributed by atoms with Crippen LogP contribution < -0.4 is 5.32 Å². The summed E-state index contributed by atoms with van der Waals surface area (Å²) in [7, 11) is -2.15. The highest BCUT2D eigenvalue weighted by Crippen LogP contribution is 2.16. The van der Waals surface area contributed by atoms with Gasteiger partial charge in [0.1, 0.15) is 0 Å². The maximum Gasteiger partial charge on any atom is 0.267 e. The number of aromatic nitrogens is 1. The Hall–Kier alpha value is -2.12. The number of benzene rings is 1. The quantitative estimate of drug-likeness (QED) is 0.872. The van der Waals surface area contributed by atoms with Crippen molar-refractivity contribution >= 4 is 15.9 Å². The molecular formula is C16H20N2O4S. The number of ether oxygens (including phenoxy) is 1. The van der Waals surface area contributed by atoms with Crippen molar-refractivity contribution in [2.24, 2.45) is 0 Å². The van der Waals surface area contributed by atoms with Crippen LogP contribution in [-0.4, -0.2) is 38.1 Å². The minimum Gasteiger partial charge on any atom is -0.383 e. The molecule has 0 saturated carbocycles. The number of rotatable bonds is 6. The van der Waals surface area contributed by atoms with Crippen molar-refractivity contribution in [3.8, 4) is 0 Å². The van der Waals surface area contributed by atoms with E-state index in [0.717, 1.165) is 9.54 Å². The number of nitrogens with zero attached hydrogens (tertiary/aromatic N) is 1. The molecule has 1 atom stereocenters. The highest BCUT2D eigenvalue weighted by atomic mass is 32.2. The van der Waals surface area contributed by atoms with E-state index in [1.807, 2.05) is 6.92 Å². The Bertz CT molecular complexity index is 779. The van der Waals surface area contributed by atoms with Crippen LogP contribution in [0, 0.1) is 6.92 Å². The summed E-state index contributed by atoms with van der Waals surface area (Å²) in [6, 6.07) is 7.87. The summed E-state index contributed by atoms with van der Waals surface area (Å²) in [6.45, 7) is 4.07. The number of hydrogen-bond donors (Lipinski definition) is 1. The molecular weight excluding hydrogens is 316 g/mol. The van der Waals surface area contributed by atoms with Crippen molar-refractivity contribution in [1.82, 2.24) is 9.29 Å². The summed E-state index contributed by atoms with van der Waals surface area (Å²) in [6.07, 6.45) is 2.68. The minimum atomic E-state index is -3.70. The van der Waals surface area contributed by atoms with Crippen LogP contribution >= 0.6 is 0 Å². The van der Waals surface area contributed by atoms with Gasteiger partial charge in [0.15, 0.2) is 0 Å². The molecule has 124 valence electrons. The topological polar surface area (TPSA) is 77.4 Å². The molecule has 1 amide bonds. The second-order valence-electron chi connectivity index (χ2n) is 5.38. The number of carbonyl (C=O) groups is 1. The van der Waals surface area contributed by atoms with Gasteiger partial charge in [-0.3, -0.25) is 4.79 Å². The molecule has 1 aromatic heterocycles. The van der Waals surface area contributed by atoms with Crippen LogP contribution in [0.1, 0.15) is 22.8 Å². The molecule has 1 aromatic carbocycles. The number of nitrogens with one attached hydrogen (secondary N) is 1. The third kappa shape index (κ3) is 4.00. The maximum atomic E-state index is 12.5. The standard InChI is InChI=1S/C16H20N2O4S/c1-12-4-6-15(7-5-12)23(20,21)18-9-8-14(10-18)16(19)17-13(2)11-22-3/h4-10,13H,11H2,1-3H3,(H,17,19)/t13-/m1/s1. The second-order valence-corrected chi connectivity index (χ2v) is 7.22. The lowest BCUT2D eigenvalue weighted by Crippen LogP contribution is -2.35. The van der Waals surface area contributed by atoms with E-state index in [9.17, 15) is 13.2 Å². The zero-order chi connectivity index (χ0) is 17.0. The van der Waals surface area contributed by atoms with Crippen LogP contribution in [0.15, 0.2) is 47.6 Å². The zero-order valence-electron chi connectivity index (χ0n) is 13.3. The highest BCUT2D eigenvalue weighted by molar-refractivity contribution is 7.90. The largest absolute Gasteiger partial charge is 0.383 e. The van der Waals surface area contributed by atoms with Crippen molar-refractivity contribution in [3.63, 3.8) is 0 Å². The highest BCUT2D eigenvalue weighted by Gasteiger charge is 2.19. The van der Waals surface area contributed by atoms with Gasteiger partial charge in [0.2, 0.25) is 0 Å². The Kier molecular flexibility index (Phi) is 5.23. The van der Waals surface area contributed by atoms with Crippen LogP contribution in [-0.2, 0) is 14.8 Å². The third-order valence-electron chi connectivity index (χ3n) is 3.32. The second kappa shape index (κ2) is 6.97. The summed E-state index contributed by atoms with van der Waals surface area (Å²) in [5.74, 6) is -0.340. The molecule has 1 N–H and O–H groups in total. The molecule has 0 saturated heterocycles. The summed E-state index contributed by atoms with van der Waals surface area (Å²) in [5, 5.41) is 2.74. The molecule has 0 unspecified atom stereocenters. The lowest BCUT2D eigenvalue weighted by molar-refractivity contribution is 0.0905. The molecule has 0 bridgehead atoms. The monoisotopic (exact) mass is 336 g/mol. The fourth-order valence-electron chi connectivity index (χ4n) is 2.09. The average molecular weight is 336 g/mol. The van der Waals surface area contributed by atoms with Gasteiger partial charge in [-0.25, -0.2) is 12.4 Å². The zero-order valence-corrected chi connectivity index (χ0v) is 14.1. The van der Waals surface area contributed by atoms with Gasteiger partial charge in [-0.2, -0.15) is 0 Å². The van der Waals surface area contributed by atoms with Crippen LogP contribution in [0.3, 0.4) is 0 Å². The SMILES string of the molecule is COC[C@@H](C)NC(=O)c1ccn(S(=O)(=O)c2ccc(C)cc2)c1. The molecule has 0 radical (unpaired) electrons. The third-order valence-corrected chi connectivity index (χ3v) is 4.97. The maximum absolute atomic E-state index is 12.5. The molecule has 2 rings (SSSR count). The smallest absolute Gasteiger partial charge is 0.267 e. The number of carbonyl (C=O) groups excluding carboxylic acids is 1. The first-order valence-electron chi connectivity index (χ1n) is 7.14. The van der Waals surface area contributed by atoms with Crippen molar-refractivity contribution in [1.29, 1.82) is 0 Å². The lowest BCUT2D eigenvalue weighted by atomic mass is 10.2. The Morgan fingerprint density at radius 1 is 1.26 bits per heavy atom. The number of hydrogen-bond acceptors (Lipinski definition) is 4. The Labute approximate surface area is 136 Å². The van der Waals surface area contributed by atoms with E-state index in [1.54, 1.807) is 38.3 Å². The number of methoxy groups -OCH3 is 1. The van der Waals surface area contributed by atoms with Crippen LogP contribution in [0.25, 0.3) is 0 Å². The van der Waals surface area contributed by atoms with Gasteiger partial charge in [-0.15, -0.1) is 0 Å². The Morgan fingerprint density at radius 2 is 1.91 bits per heavy atom. The summed E-state index contributed by atoms with van der Waals surface area (Å²) in [4.78, 5) is 12.3. The van der Waals surface area contributed by atoms with E-state index >= 15 is 0 Å². The van der Waals surface area contributed by atoms with E-state index in [-0.39, 0.29) is 22.4 Å².